The standard InChI is InChI=1S/C11H17F2NO/c1-6-5-10(9(4)15-6)7(2)14-8(3)11(12)13/h5,7-8,11,14H,1-4H3. The molecule has 0 aliphatic carbocycles. The Hall–Kier alpha value is -0.900. The zero-order chi connectivity index (χ0) is 11.6. The predicted octanol–water partition coefficient (Wildman–Crippen LogP) is 3.20. The van der Waals surface area contributed by atoms with Crippen LogP contribution in [-0.4, -0.2) is 12.5 Å². The average molecular weight is 217 g/mol. The van der Waals surface area contributed by atoms with E-state index in [1.807, 2.05) is 26.8 Å². The Morgan fingerprint density at radius 2 is 1.87 bits per heavy atom. The molecule has 0 saturated heterocycles. The molecule has 0 aromatic carbocycles. The number of nitrogens with one attached hydrogen (secondary N) is 1. The molecule has 0 aliphatic rings. The Kier molecular flexibility index (Phi) is 3.85. The first-order valence-corrected chi connectivity index (χ1v) is 5.03. The van der Waals surface area contributed by atoms with Crippen LogP contribution in [0.2, 0.25) is 0 Å². The zero-order valence-electron chi connectivity index (χ0n) is 9.47. The molecule has 1 aromatic heterocycles. The van der Waals surface area contributed by atoms with Crippen molar-refractivity contribution >= 4 is 0 Å². The number of halogens is 2. The van der Waals surface area contributed by atoms with Gasteiger partial charge in [0, 0.05) is 11.6 Å². The minimum absolute atomic E-state index is 0.119. The Bertz CT molecular complexity index is 322. The lowest BCUT2D eigenvalue weighted by atomic mass is 10.1. The average Bonchev–Trinajstić information content (AvgIpc) is 2.44. The van der Waals surface area contributed by atoms with Crippen LogP contribution in [0.4, 0.5) is 8.78 Å². The van der Waals surface area contributed by atoms with Gasteiger partial charge in [0.2, 0.25) is 0 Å². The SMILES string of the molecule is Cc1cc(C(C)NC(C)C(F)F)c(C)o1. The normalized spacial score (nSPS) is 15.7. The van der Waals surface area contributed by atoms with Crippen LogP contribution < -0.4 is 5.32 Å². The maximum absolute atomic E-state index is 12.3. The highest BCUT2D eigenvalue weighted by Crippen LogP contribution is 2.22. The maximum Gasteiger partial charge on any atom is 0.253 e. The highest BCUT2D eigenvalue weighted by atomic mass is 19.3. The van der Waals surface area contributed by atoms with Crippen molar-refractivity contribution in [3.8, 4) is 0 Å². The van der Waals surface area contributed by atoms with E-state index in [4.69, 9.17) is 4.42 Å². The first-order valence-electron chi connectivity index (χ1n) is 5.03. The number of hydrogen-bond donors (Lipinski definition) is 1. The molecule has 86 valence electrons. The summed E-state index contributed by atoms with van der Waals surface area (Å²) >= 11 is 0. The summed E-state index contributed by atoms with van der Waals surface area (Å²) < 4.78 is 30.0. The van der Waals surface area contributed by atoms with Gasteiger partial charge in [-0.25, -0.2) is 8.78 Å². The number of furan rings is 1. The van der Waals surface area contributed by atoms with Crippen LogP contribution >= 0.6 is 0 Å². The Morgan fingerprint density at radius 1 is 1.27 bits per heavy atom. The van der Waals surface area contributed by atoms with E-state index in [1.54, 1.807) is 0 Å². The second-order valence-corrected chi connectivity index (χ2v) is 3.88. The summed E-state index contributed by atoms with van der Waals surface area (Å²) in [5.74, 6) is 1.59. The van der Waals surface area contributed by atoms with E-state index in [9.17, 15) is 8.78 Å². The van der Waals surface area contributed by atoms with Gasteiger partial charge in [0.15, 0.2) is 0 Å². The number of rotatable bonds is 4. The van der Waals surface area contributed by atoms with Gasteiger partial charge in [0.05, 0.1) is 6.04 Å². The van der Waals surface area contributed by atoms with E-state index >= 15 is 0 Å². The molecule has 0 bridgehead atoms. The molecule has 0 saturated carbocycles. The Balaban J connectivity index is 2.68. The third-order valence-electron chi connectivity index (χ3n) is 2.44. The van der Waals surface area contributed by atoms with Crippen LogP contribution in [-0.2, 0) is 0 Å². The second-order valence-electron chi connectivity index (χ2n) is 3.88. The van der Waals surface area contributed by atoms with E-state index in [-0.39, 0.29) is 6.04 Å². The van der Waals surface area contributed by atoms with Crippen molar-refractivity contribution in [3.63, 3.8) is 0 Å². The minimum Gasteiger partial charge on any atom is -0.466 e. The van der Waals surface area contributed by atoms with Crippen molar-refractivity contribution in [3.05, 3.63) is 23.2 Å². The lowest BCUT2D eigenvalue weighted by molar-refractivity contribution is 0.101. The van der Waals surface area contributed by atoms with Crippen LogP contribution in [0.25, 0.3) is 0 Å². The summed E-state index contributed by atoms with van der Waals surface area (Å²) in [6.45, 7) is 7.02. The summed E-state index contributed by atoms with van der Waals surface area (Å²) in [5.41, 5.74) is 0.944. The molecule has 15 heavy (non-hydrogen) atoms. The summed E-state index contributed by atoms with van der Waals surface area (Å²) in [4.78, 5) is 0. The number of alkyl halides is 2. The van der Waals surface area contributed by atoms with Crippen LogP contribution in [0, 0.1) is 13.8 Å². The van der Waals surface area contributed by atoms with E-state index in [0.29, 0.717) is 0 Å². The van der Waals surface area contributed by atoms with Gasteiger partial charge in [-0.05, 0) is 33.8 Å². The molecule has 2 nitrogen and oxygen atoms in total. The molecule has 2 unspecified atom stereocenters. The van der Waals surface area contributed by atoms with Gasteiger partial charge in [0.25, 0.3) is 6.43 Å². The Labute approximate surface area is 88.7 Å². The highest BCUT2D eigenvalue weighted by molar-refractivity contribution is 5.23. The lowest BCUT2D eigenvalue weighted by Gasteiger charge is -2.18. The molecule has 4 heteroatoms. The molecule has 0 amide bonds. The lowest BCUT2D eigenvalue weighted by Crippen LogP contribution is -2.34. The van der Waals surface area contributed by atoms with Crippen LogP contribution in [0.1, 0.15) is 37.0 Å². The Morgan fingerprint density at radius 3 is 2.27 bits per heavy atom. The molecule has 0 fully saturated rings. The molecule has 2 atom stereocenters. The van der Waals surface area contributed by atoms with Gasteiger partial charge in [-0.2, -0.15) is 0 Å². The van der Waals surface area contributed by atoms with E-state index < -0.39 is 12.5 Å². The molecule has 0 spiro atoms. The van der Waals surface area contributed by atoms with Crippen molar-refractivity contribution in [1.29, 1.82) is 0 Å². The van der Waals surface area contributed by atoms with E-state index in [1.165, 1.54) is 6.92 Å². The van der Waals surface area contributed by atoms with Crippen LogP contribution in [0.3, 0.4) is 0 Å². The first-order chi connectivity index (χ1) is 6.91. The van der Waals surface area contributed by atoms with Crippen molar-refractivity contribution in [1.82, 2.24) is 5.32 Å². The quantitative estimate of drug-likeness (QED) is 0.837. The smallest absolute Gasteiger partial charge is 0.253 e. The van der Waals surface area contributed by atoms with Gasteiger partial charge in [-0.15, -0.1) is 0 Å². The molecule has 0 aliphatic heterocycles. The largest absolute Gasteiger partial charge is 0.466 e. The third kappa shape index (κ3) is 3.02. The van der Waals surface area contributed by atoms with Gasteiger partial charge in [-0.3, -0.25) is 0 Å². The molecular weight excluding hydrogens is 200 g/mol. The molecule has 1 aromatic rings. The monoisotopic (exact) mass is 217 g/mol. The highest BCUT2D eigenvalue weighted by Gasteiger charge is 2.19. The molecule has 1 rings (SSSR count). The van der Waals surface area contributed by atoms with Gasteiger partial charge in [0.1, 0.15) is 11.5 Å². The number of aryl methyl sites for hydroxylation is 2. The minimum atomic E-state index is -2.35. The van der Waals surface area contributed by atoms with Gasteiger partial charge >= 0.3 is 0 Å². The van der Waals surface area contributed by atoms with Crippen LogP contribution in [0.15, 0.2) is 10.5 Å². The summed E-state index contributed by atoms with van der Waals surface area (Å²) in [6.07, 6.45) is -2.35. The summed E-state index contributed by atoms with van der Waals surface area (Å²) in [7, 11) is 0. The fourth-order valence-electron chi connectivity index (χ4n) is 1.64. The first kappa shape index (κ1) is 12.2. The summed E-state index contributed by atoms with van der Waals surface area (Å²) in [6, 6.07) is 0.951. The van der Waals surface area contributed by atoms with Gasteiger partial charge < -0.3 is 9.73 Å². The fourth-order valence-corrected chi connectivity index (χ4v) is 1.64. The molecular formula is C11H17F2NO. The number of hydrogen-bond acceptors (Lipinski definition) is 2. The predicted molar refractivity (Wildman–Crippen MR) is 55.2 cm³/mol. The second kappa shape index (κ2) is 4.75. The topological polar surface area (TPSA) is 25.2 Å². The zero-order valence-corrected chi connectivity index (χ0v) is 9.47. The molecule has 1 heterocycles. The third-order valence-corrected chi connectivity index (χ3v) is 2.44. The van der Waals surface area contributed by atoms with Crippen molar-refractivity contribution in [2.75, 3.05) is 0 Å². The van der Waals surface area contributed by atoms with Crippen molar-refractivity contribution in [2.24, 2.45) is 0 Å². The van der Waals surface area contributed by atoms with Gasteiger partial charge in [-0.1, -0.05) is 0 Å². The van der Waals surface area contributed by atoms with E-state index in [2.05, 4.69) is 5.32 Å². The summed E-state index contributed by atoms with van der Waals surface area (Å²) in [5, 5.41) is 2.84. The maximum atomic E-state index is 12.3. The fraction of sp³-hybridized carbons (Fsp3) is 0.636. The van der Waals surface area contributed by atoms with Crippen molar-refractivity contribution in [2.45, 2.75) is 46.2 Å². The van der Waals surface area contributed by atoms with E-state index in [0.717, 1.165) is 17.1 Å². The molecule has 1 N–H and O–H groups in total. The molecule has 0 radical (unpaired) electrons. The van der Waals surface area contributed by atoms with Crippen molar-refractivity contribution < 1.29 is 13.2 Å². The van der Waals surface area contributed by atoms with Crippen LogP contribution in [0.5, 0.6) is 0 Å².